The van der Waals surface area contributed by atoms with Crippen molar-refractivity contribution < 1.29 is 14.6 Å². The molecule has 0 atom stereocenters. The van der Waals surface area contributed by atoms with Gasteiger partial charge in [-0.1, -0.05) is 11.6 Å². The molecular weight excluding hydrogens is 410 g/mol. The Hall–Kier alpha value is -0.0500. The third kappa shape index (κ3) is 3.99. The second-order valence-corrected chi connectivity index (χ2v) is 2.51. The van der Waals surface area contributed by atoms with E-state index < -0.39 is 5.97 Å². The predicted octanol–water partition coefficient (Wildman–Crippen LogP) is 3.26. The number of benzene rings is 1. The van der Waals surface area contributed by atoms with Crippen molar-refractivity contribution >= 4 is 43.2 Å². The van der Waals surface area contributed by atoms with Crippen molar-refractivity contribution in [2.45, 2.75) is 6.92 Å². The third-order valence-electron chi connectivity index (χ3n) is 1.56. The molecule has 1 aromatic carbocycles. The van der Waals surface area contributed by atoms with Crippen LogP contribution >= 0.6 is 37.2 Å². The fourth-order valence-electron chi connectivity index (χ4n) is 0.923. The maximum atomic E-state index is 11.0. The number of aryl methyl sites for hydroxylation is 1. The summed E-state index contributed by atoms with van der Waals surface area (Å²) in [5, 5.41) is 9.24. The van der Waals surface area contributed by atoms with E-state index in [0.29, 0.717) is 0 Å². The molecule has 0 fully saturated rings. The zero-order chi connectivity index (χ0) is 11.1. The Kier molecular flexibility index (Phi) is 7.24. The minimum atomic E-state index is -0.517. The normalized spacial score (nSPS) is 8.57. The van der Waals surface area contributed by atoms with Crippen LogP contribution in [0.5, 0.6) is 5.75 Å². The average molecular weight is 420 g/mol. The lowest BCUT2D eigenvalue weighted by atomic mass is 10.1. The Bertz CT molecular complexity index is 313. The molecule has 0 saturated heterocycles. The van der Waals surface area contributed by atoms with Crippen LogP contribution in [0.1, 0.15) is 15.9 Å². The monoisotopic (exact) mass is 420 g/mol. The number of aromatic hydroxyl groups is 1. The van der Waals surface area contributed by atoms with Gasteiger partial charge in [-0.2, -0.15) is 0 Å². The second kappa shape index (κ2) is 7.27. The van der Waals surface area contributed by atoms with Crippen molar-refractivity contribution in [1.82, 2.24) is 0 Å². The zero-order valence-corrected chi connectivity index (χ0v) is 12.1. The van der Waals surface area contributed by atoms with Gasteiger partial charge in [0, 0.05) is 37.2 Å². The van der Waals surface area contributed by atoms with Gasteiger partial charge in [0.25, 0.3) is 0 Å². The summed E-state index contributed by atoms with van der Waals surface area (Å²) < 4.78 is 4.47. The summed E-state index contributed by atoms with van der Waals surface area (Å²) in [7, 11) is 1.28. The molecule has 0 bridgehead atoms. The van der Waals surface area contributed by atoms with E-state index in [4.69, 9.17) is 0 Å². The summed E-state index contributed by atoms with van der Waals surface area (Å²) >= 11 is 4.24. The van der Waals surface area contributed by atoms with Crippen LogP contribution in [0.15, 0.2) is 18.2 Å². The standard InChI is InChI=1S/C9H10O3.I2/c1-6-3-4-8(10)7(5-6)9(11)12-2;1-2/h3-5,10H,1-2H3;. The van der Waals surface area contributed by atoms with Gasteiger partial charge in [0.05, 0.1) is 7.11 Å². The van der Waals surface area contributed by atoms with E-state index in [1.165, 1.54) is 13.2 Å². The molecule has 14 heavy (non-hydrogen) atoms. The molecule has 0 spiro atoms. The molecule has 0 aliphatic rings. The number of ether oxygens (including phenoxy) is 1. The Morgan fingerprint density at radius 1 is 1.43 bits per heavy atom. The minimum absolute atomic E-state index is 0.0487. The van der Waals surface area contributed by atoms with Crippen LogP contribution in [0.25, 0.3) is 0 Å². The van der Waals surface area contributed by atoms with Crippen LogP contribution in [-0.4, -0.2) is 18.2 Å². The van der Waals surface area contributed by atoms with Crippen molar-refractivity contribution in [2.75, 3.05) is 7.11 Å². The Morgan fingerprint density at radius 2 is 2.00 bits per heavy atom. The highest BCUT2D eigenvalue weighted by atomic mass is 128. The minimum Gasteiger partial charge on any atom is -0.507 e. The van der Waals surface area contributed by atoms with Crippen molar-refractivity contribution in [3.05, 3.63) is 29.3 Å². The molecule has 0 saturated carbocycles. The van der Waals surface area contributed by atoms with Gasteiger partial charge in [0.2, 0.25) is 0 Å². The molecule has 0 aliphatic heterocycles. The third-order valence-corrected chi connectivity index (χ3v) is 1.56. The highest BCUT2D eigenvalue weighted by molar-refractivity contribution is 15.0. The first-order chi connectivity index (χ1) is 6.65. The highest BCUT2D eigenvalue weighted by Crippen LogP contribution is 2.18. The molecule has 0 radical (unpaired) electrons. The van der Waals surface area contributed by atoms with Crippen LogP contribution in [0.4, 0.5) is 0 Å². The second-order valence-electron chi connectivity index (χ2n) is 2.51. The number of hydrogen-bond acceptors (Lipinski definition) is 3. The number of rotatable bonds is 1. The first-order valence-electron chi connectivity index (χ1n) is 3.67. The summed E-state index contributed by atoms with van der Waals surface area (Å²) in [6, 6.07) is 4.78. The lowest BCUT2D eigenvalue weighted by Crippen LogP contribution is -2.01. The van der Waals surface area contributed by atoms with Crippen molar-refractivity contribution in [3.63, 3.8) is 0 Å². The molecule has 3 nitrogen and oxygen atoms in total. The highest BCUT2D eigenvalue weighted by Gasteiger charge is 2.10. The lowest BCUT2D eigenvalue weighted by molar-refractivity contribution is 0.0597. The number of halogens is 2. The number of esters is 1. The van der Waals surface area contributed by atoms with E-state index in [0.717, 1.165) is 5.56 Å². The summed E-state index contributed by atoms with van der Waals surface area (Å²) in [4.78, 5) is 11.0. The van der Waals surface area contributed by atoms with Crippen LogP contribution in [0, 0.1) is 6.92 Å². The molecule has 0 unspecified atom stereocenters. The summed E-state index contributed by atoms with van der Waals surface area (Å²) in [6.07, 6.45) is 0. The van der Waals surface area contributed by atoms with Gasteiger partial charge in [0.1, 0.15) is 11.3 Å². The topological polar surface area (TPSA) is 46.5 Å². The van der Waals surface area contributed by atoms with Crippen molar-refractivity contribution in [1.29, 1.82) is 0 Å². The Morgan fingerprint density at radius 3 is 2.50 bits per heavy atom. The van der Waals surface area contributed by atoms with Crippen LogP contribution in [-0.2, 0) is 4.74 Å². The fourth-order valence-corrected chi connectivity index (χ4v) is 0.923. The number of hydrogen-bond donors (Lipinski definition) is 1. The average Bonchev–Trinajstić information content (AvgIpc) is 2.23. The van der Waals surface area contributed by atoms with E-state index in [1.54, 1.807) is 12.1 Å². The van der Waals surface area contributed by atoms with Gasteiger partial charge in [-0.25, -0.2) is 4.79 Å². The van der Waals surface area contributed by atoms with Crippen molar-refractivity contribution in [2.24, 2.45) is 0 Å². The Balaban J connectivity index is 0.000000791. The van der Waals surface area contributed by atoms with Gasteiger partial charge in [-0.15, -0.1) is 0 Å². The SMILES string of the molecule is COC(=O)c1cc(C)ccc1O.II. The molecule has 0 aliphatic carbocycles. The van der Waals surface area contributed by atoms with Crippen LogP contribution in [0.2, 0.25) is 0 Å². The van der Waals surface area contributed by atoms with E-state index in [-0.39, 0.29) is 11.3 Å². The fraction of sp³-hybridized carbons (Fsp3) is 0.222. The van der Waals surface area contributed by atoms with Gasteiger partial charge in [-0.3, -0.25) is 0 Å². The molecule has 78 valence electrons. The number of phenols is 1. The number of carbonyl (C=O) groups excluding carboxylic acids is 1. The van der Waals surface area contributed by atoms with E-state index in [9.17, 15) is 9.90 Å². The van der Waals surface area contributed by atoms with Crippen molar-refractivity contribution in [3.8, 4) is 5.75 Å². The molecule has 1 aromatic rings. The smallest absolute Gasteiger partial charge is 0.341 e. The predicted molar refractivity (Wildman–Crippen MR) is 72.2 cm³/mol. The first kappa shape index (κ1) is 13.9. The van der Waals surface area contributed by atoms with Gasteiger partial charge >= 0.3 is 5.97 Å². The van der Waals surface area contributed by atoms with Crippen LogP contribution < -0.4 is 0 Å². The van der Waals surface area contributed by atoms with E-state index >= 15 is 0 Å². The summed E-state index contributed by atoms with van der Waals surface area (Å²) in [6.45, 7) is 1.84. The first-order valence-corrected chi connectivity index (χ1v) is 9.96. The van der Waals surface area contributed by atoms with Crippen LogP contribution in [0.3, 0.4) is 0 Å². The zero-order valence-electron chi connectivity index (χ0n) is 7.75. The molecule has 5 heteroatoms. The molecule has 1 rings (SSSR count). The maximum Gasteiger partial charge on any atom is 0.341 e. The van der Waals surface area contributed by atoms with Gasteiger partial charge in [-0.05, 0) is 19.1 Å². The largest absolute Gasteiger partial charge is 0.507 e. The maximum absolute atomic E-state index is 11.0. The molecular formula is C9H10I2O3. The number of methoxy groups -OCH3 is 1. The number of carbonyl (C=O) groups is 1. The van der Waals surface area contributed by atoms with E-state index in [2.05, 4.69) is 42.0 Å². The molecule has 0 heterocycles. The van der Waals surface area contributed by atoms with Gasteiger partial charge in [0.15, 0.2) is 0 Å². The van der Waals surface area contributed by atoms with E-state index in [1.807, 2.05) is 6.92 Å². The molecule has 0 aromatic heterocycles. The summed E-state index contributed by atoms with van der Waals surface area (Å²) in [5.41, 5.74) is 1.12. The van der Waals surface area contributed by atoms with Gasteiger partial charge < -0.3 is 9.84 Å². The Labute approximate surface area is 106 Å². The molecule has 1 N–H and O–H groups in total. The lowest BCUT2D eigenvalue weighted by Gasteiger charge is -2.02. The summed E-state index contributed by atoms with van der Waals surface area (Å²) in [5.74, 6) is -0.566. The quantitative estimate of drug-likeness (QED) is 0.561. The molecule has 0 amide bonds. The number of phenolic OH excluding ortho intramolecular Hbond substituents is 1.